The molecule has 4 nitrogen and oxygen atoms in total. The van der Waals surface area contributed by atoms with Gasteiger partial charge in [0.2, 0.25) is 0 Å². The third-order valence-corrected chi connectivity index (χ3v) is 1.33. The van der Waals surface area contributed by atoms with Gasteiger partial charge in [0.15, 0.2) is 0 Å². The molecule has 0 saturated heterocycles. The smallest absolute Gasteiger partial charge is 0.330 e. The van der Waals surface area contributed by atoms with E-state index in [2.05, 4.69) is 9.84 Å². The zero-order valence-corrected chi connectivity index (χ0v) is 7.02. The molecule has 0 aromatic carbocycles. The predicted octanol–water partition coefficient (Wildman–Crippen LogP) is 0.606. The standard InChI is InChI=1S/C8H10N2O2/c1-10-6-5-7(9-10)3-4-8(11)12-2/h3-6H,1-2H3/b4-3+. The molecular formula is C8H10N2O2. The molecule has 0 aliphatic rings. The number of esters is 1. The maximum atomic E-state index is 10.6. The van der Waals surface area contributed by atoms with Crippen molar-refractivity contribution in [3.63, 3.8) is 0 Å². The summed E-state index contributed by atoms with van der Waals surface area (Å²) in [5.74, 6) is -0.374. The molecular weight excluding hydrogens is 156 g/mol. The Hall–Kier alpha value is -1.58. The number of carbonyl (C=O) groups excluding carboxylic acids is 1. The van der Waals surface area contributed by atoms with Crippen molar-refractivity contribution >= 4 is 12.0 Å². The van der Waals surface area contributed by atoms with Crippen molar-refractivity contribution < 1.29 is 9.53 Å². The van der Waals surface area contributed by atoms with E-state index in [-0.39, 0.29) is 5.97 Å². The molecule has 0 aliphatic heterocycles. The molecule has 12 heavy (non-hydrogen) atoms. The number of aromatic nitrogens is 2. The van der Waals surface area contributed by atoms with Crippen molar-refractivity contribution in [2.75, 3.05) is 7.11 Å². The molecule has 0 fully saturated rings. The highest BCUT2D eigenvalue weighted by molar-refractivity contribution is 5.86. The van der Waals surface area contributed by atoms with Crippen LogP contribution in [0.3, 0.4) is 0 Å². The van der Waals surface area contributed by atoms with Crippen LogP contribution < -0.4 is 0 Å². The quantitative estimate of drug-likeness (QED) is 0.477. The van der Waals surface area contributed by atoms with Gasteiger partial charge >= 0.3 is 5.97 Å². The number of hydrogen-bond donors (Lipinski definition) is 0. The second-order valence-electron chi connectivity index (χ2n) is 2.27. The molecule has 0 bridgehead atoms. The summed E-state index contributed by atoms with van der Waals surface area (Å²) in [6, 6.07) is 1.80. The molecule has 0 radical (unpaired) electrons. The van der Waals surface area contributed by atoms with Crippen LogP contribution in [0.15, 0.2) is 18.3 Å². The van der Waals surface area contributed by atoms with Crippen LogP contribution in [-0.2, 0) is 16.6 Å². The number of nitrogens with zero attached hydrogens (tertiary/aromatic N) is 2. The topological polar surface area (TPSA) is 44.1 Å². The number of hydrogen-bond acceptors (Lipinski definition) is 3. The molecule has 0 atom stereocenters. The molecule has 0 saturated carbocycles. The van der Waals surface area contributed by atoms with Crippen molar-refractivity contribution in [1.29, 1.82) is 0 Å². The van der Waals surface area contributed by atoms with Gasteiger partial charge in [0.05, 0.1) is 12.8 Å². The van der Waals surface area contributed by atoms with Gasteiger partial charge in [-0.15, -0.1) is 0 Å². The summed E-state index contributed by atoms with van der Waals surface area (Å²) in [7, 11) is 3.15. The van der Waals surface area contributed by atoms with Crippen LogP contribution in [0.5, 0.6) is 0 Å². The first-order valence-electron chi connectivity index (χ1n) is 3.48. The van der Waals surface area contributed by atoms with Crippen molar-refractivity contribution in [3.05, 3.63) is 24.0 Å². The lowest BCUT2D eigenvalue weighted by Gasteiger charge is -1.87. The van der Waals surface area contributed by atoms with Gasteiger partial charge < -0.3 is 4.74 Å². The lowest BCUT2D eigenvalue weighted by molar-refractivity contribution is -0.134. The SMILES string of the molecule is COC(=O)/C=C/c1ccn(C)n1. The largest absolute Gasteiger partial charge is 0.466 e. The van der Waals surface area contributed by atoms with Crippen LogP contribution >= 0.6 is 0 Å². The van der Waals surface area contributed by atoms with Crippen LogP contribution in [0, 0.1) is 0 Å². The Morgan fingerprint density at radius 3 is 3.00 bits per heavy atom. The van der Waals surface area contributed by atoms with Gasteiger partial charge in [0, 0.05) is 19.3 Å². The van der Waals surface area contributed by atoms with E-state index in [1.165, 1.54) is 13.2 Å². The van der Waals surface area contributed by atoms with Gasteiger partial charge in [-0.05, 0) is 12.1 Å². The van der Waals surface area contributed by atoms with Crippen LogP contribution in [0.2, 0.25) is 0 Å². The van der Waals surface area contributed by atoms with E-state index in [0.717, 1.165) is 5.69 Å². The van der Waals surface area contributed by atoms with E-state index < -0.39 is 0 Å². The molecule has 1 aromatic rings. The zero-order valence-electron chi connectivity index (χ0n) is 7.02. The first-order chi connectivity index (χ1) is 5.72. The minimum absolute atomic E-state index is 0.374. The number of methoxy groups -OCH3 is 1. The van der Waals surface area contributed by atoms with Gasteiger partial charge in [0.25, 0.3) is 0 Å². The number of carbonyl (C=O) groups is 1. The third kappa shape index (κ3) is 2.23. The van der Waals surface area contributed by atoms with Crippen LogP contribution in [0.4, 0.5) is 0 Å². The molecule has 4 heteroatoms. The summed E-state index contributed by atoms with van der Waals surface area (Å²) in [6.07, 6.45) is 4.74. The van der Waals surface area contributed by atoms with Crippen molar-refractivity contribution in [2.45, 2.75) is 0 Å². The maximum Gasteiger partial charge on any atom is 0.330 e. The summed E-state index contributed by atoms with van der Waals surface area (Å²) >= 11 is 0. The molecule has 64 valence electrons. The van der Waals surface area contributed by atoms with E-state index in [1.54, 1.807) is 23.0 Å². The van der Waals surface area contributed by atoms with E-state index in [0.29, 0.717) is 0 Å². The zero-order chi connectivity index (χ0) is 8.97. The maximum absolute atomic E-state index is 10.6. The molecule has 0 amide bonds. The van der Waals surface area contributed by atoms with Crippen LogP contribution in [-0.4, -0.2) is 22.9 Å². The highest BCUT2D eigenvalue weighted by Gasteiger charge is 1.93. The van der Waals surface area contributed by atoms with E-state index in [1.807, 2.05) is 7.05 Å². The average Bonchev–Trinajstić information content (AvgIpc) is 2.47. The highest BCUT2D eigenvalue weighted by atomic mass is 16.5. The normalized spacial score (nSPS) is 10.5. The van der Waals surface area contributed by atoms with Crippen LogP contribution in [0.25, 0.3) is 6.08 Å². The van der Waals surface area contributed by atoms with Gasteiger partial charge in [0.1, 0.15) is 0 Å². The molecule has 0 unspecified atom stereocenters. The lowest BCUT2D eigenvalue weighted by atomic mass is 10.4. The van der Waals surface area contributed by atoms with Gasteiger partial charge in [-0.2, -0.15) is 5.10 Å². The lowest BCUT2D eigenvalue weighted by Crippen LogP contribution is -1.93. The van der Waals surface area contributed by atoms with Crippen molar-refractivity contribution in [3.8, 4) is 0 Å². The Labute approximate surface area is 70.4 Å². The molecule has 0 aliphatic carbocycles. The Bertz CT molecular complexity index is 302. The minimum atomic E-state index is -0.374. The highest BCUT2D eigenvalue weighted by Crippen LogP contribution is 1.96. The van der Waals surface area contributed by atoms with Gasteiger partial charge in [-0.1, -0.05) is 0 Å². The van der Waals surface area contributed by atoms with E-state index in [9.17, 15) is 4.79 Å². The van der Waals surface area contributed by atoms with Crippen LogP contribution in [0.1, 0.15) is 5.69 Å². The van der Waals surface area contributed by atoms with Gasteiger partial charge in [-0.25, -0.2) is 4.79 Å². The Morgan fingerprint density at radius 2 is 2.50 bits per heavy atom. The fourth-order valence-electron chi connectivity index (χ4n) is 0.743. The van der Waals surface area contributed by atoms with Gasteiger partial charge in [-0.3, -0.25) is 4.68 Å². The Kier molecular flexibility index (Phi) is 2.63. The summed E-state index contributed by atoms with van der Waals surface area (Å²) in [5.41, 5.74) is 0.739. The average molecular weight is 166 g/mol. The van der Waals surface area contributed by atoms with E-state index >= 15 is 0 Å². The third-order valence-electron chi connectivity index (χ3n) is 1.33. The van der Waals surface area contributed by atoms with E-state index in [4.69, 9.17) is 0 Å². The first kappa shape index (κ1) is 8.52. The molecule has 1 rings (SSSR count). The summed E-state index contributed by atoms with van der Waals surface area (Å²) in [4.78, 5) is 10.6. The monoisotopic (exact) mass is 166 g/mol. The Balaban J connectivity index is 2.63. The molecule has 1 aromatic heterocycles. The summed E-state index contributed by atoms with van der Waals surface area (Å²) in [5, 5.41) is 4.04. The Morgan fingerprint density at radius 1 is 1.75 bits per heavy atom. The van der Waals surface area contributed by atoms with Crippen molar-refractivity contribution in [2.24, 2.45) is 7.05 Å². The molecule has 0 spiro atoms. The van der Waals surface area contributed by atoms with Crippen molar-refractivity contribution in [1.82, 2.24) is 9.78 Å². The number of ether oxygens (including phenoxy) is 1. The second kappa shape index (κ2) is 3.71. The molecule has 0 N–H and O–H groups in total. The fourth-order valence-corrected chi connectivity index (χ4v) is 0.743. The summed E-state index contributed by atoms with van der Waals surface area (Å²) < 4.78 is 6.08. The fraction of sp³-hybridized carbons (Fsp3) is 0.250. The number of rotatable bonds is 2. The summed E-state index contributed by atoms with van der Waals surface area (Å²) in [6.45, 7) is 0. The molecule has 1 heterocycles. The first-order valence-corrected chi connectivity index (χ1v) is 3.48. The number of aryl methyl sites for hydroxylation is 1. The minimum Gasteiger partial charge on any atom is -0.466 e. The second-order valence-corrected chi connectivity index (χ2v) is 2.27. The predicted molar refractivity (Wildman–Crippen MR) is 44.3 cm³/mol.